The molecule has 2 rings (SSSR count). The fourth-order valence-electron chi connectivity index (χ4n) is 3.11. The van der Waals surface area contributed by atoms with Gasteiger partial charge in [0.1, 0.15) is 0 Å². The summed E-state index contributed by atoms with van der Waals surface area (Å²) in [6.45, 7) is 8.95. The van der Waals surface area contributed by atoms with Gasteiger partial charge in [-0.15, -0.1) is 10.2 Å². The lowest BCUT2D eigenvalue weighted by Gasteiger charge is -2.20. The second-order valence-corrected chi connectivity index (χ2v) is 9.35. The average Bonchev–Trinajstić information content (AvgIpc) is 3.06. The number of benzene rings is 1. The van der Waals surface area contributed by atoms with Crippen molar-refractivity contribution in [2.24, 2.45) is 17.6 Å². The van der Waals surface area contributed by atoms with Gasteiger partial charge in [-0.3, -0.25) is 10.1 Å². The summed E-state index contributed by atoms with van der Waals surface area (Å²) >= 11 is 7.34. The van der Waals surface area contributed by atoms with E-state index in [1.165, 1.54) is 11.8 Å². The number of thioether (sulfide) groups is 1. The number of nitrogens with one attached hydrogen (secondary N) is 1. The van der Waals surface area contributed by atoms with Gasteiger partial charge in [-0.05, 0) is 42.5 Å². The van der Waals surface area contributed by atoms with E-state index in [-0.39, 0.29) is 5.92 Å². The molecule has 0 unspecified atom stereocenters. The van der Waals surface area contributed by atoms with E-state index in [1.807, 2.05) is 38.1 Å². The molecule has 164 valence electrons. The Morgan fingerprint density at radius 3 is 2.43 bits per heavy atom. The predicted molar refractivity (Wildman–Crippen MR) is 121 cm³/mol. The van der Waals surface area contributed by atoms with Crippen LogP contribution in [0.4, 0.5) is 4.79 Å². The number of rotatable bonds is 10. The van der Waals surface area contributed by atoms with Crippen LogP contribution in [0.25, 0.3) is 11.4 Å². The van der Waals surface area contributed by atoms with Crippen LogP contribution in [-0.4, -0.2) is 32.0 Å². The molecule has 3 amide bonds. The molecule has 1 aromatic heterocycles. The molecule has 0 radical (unpaired) electrons. The van der Waals surface area contributed by atoms with E-state index >= 15 is 0 Å². The minimum absolute atomic E-state index is 0.0315. The van der Waals surface area contributed by atoms with E-state index in [0.717, 1.165) is 37.2 Å². The first kappa shape index (κ1) is 24.2. The Labute approximate surface area is 187 Å². The Kier molecular flexibility index (Phi) is 9.17. The van der Waals surface area contributed by atoms with Crippen molar-refractivity contribution in [2.45, 2.75) is 63.9 Å². The predicted octanol–water partition coefficient (Wildman–Crippen LogP) is 4.74. The SMILES string of the molecule is CCCC[C@H](C)Cn1c(S[C@H](C(=O)NC(N)=O)C(C)C)nnc1-c1ccc(Cl)cc1. The highest BCUT2D eigenvalue weighted by molar-refractivity contribution is 8.00. The number of primary amides is 1. The zero-order valence-corrected chi connectivity index (χ0v) is 19.5. The molecule has 0 saturated heterocycles. The van der Waals surface area contributed by atoms with Crippen LogP contribution in [0.15, 0.2) is 29.4 Å². The van der Waals surface area contributed by atoms with Crippen LogP contribution in [0.3, 0.4) is 0 Å². The van der Waals surface area contributed by atoms with Gasteiger partial charge >= 0.3 is 6.03 Å². The molecule has 0 saturated carbocycles. The summed E-state index contributed by atoms with van der Waals surface area (Å²) in [6, 6.07) is 6.60. The molecule has 2 atom stereocenters. The average molecular weight is 452 g/mol. The van der Waals surface area contributed by atoms with Crippen molar-refractivity contribution in [2.75, 3.05) is 0 Å². The molecule has 2 aromatic rings. The highest BCUT2D eigenvalue weighted by Crippen LogP contribution is 2.31. The van der Waals surface area contributed by atoms with Crippen LogP contribution >= 0.6 is 23.4 Å². The molecule has 3 N–H and O–H groups in total. The van der Waals surface area contributed by atoms with E-state index in [1.54, 1.807) is 0 Å². The Morgan fingerprint density at radius 2 is 1.87 bits per heavy atom. The summed E-state index contributed by atoms with van der Waals surface area (Å²) in [6.07, 6.45) is 3.38. The minimum Gasteiger partial charge on any atom is -0.351 e. The third kappa shape index (κ3) is 6.74. The van der Waals surface area contributed by atoms with E-state index in [2.05, 4.69) is 33.9 Å². The normalized spacial score (nSPS) is 13.3. The summed E-state index contributed by atoms with van der Waals surface area (Å²) in [7, 11) is 0. The quantitative estimate of drug-likeness (QED) is 0.508. The van der Waals surface area contributed by atoms with E-state index in [9.17, 15) is 9.59 Å². The standard InChI is InChI=1S/C21H30ClN5O2S/c1-5-6-7-14(4)12-27-18(15-8-10-16(22)11-9-15)25-26-21(27)30-17(13(2)3)19(28)24-20(23)29/h8-11,13-14,17H,5-7,12H2,1-4H3,(H3,23,24,28,29)/t14-,17-/m0/s1. The van der Waals surface area contributed by atoms with Crippen LogP contribution in [0.5, 0.6) is 0 Å². The highest BCUT2D eigenvalue weighted by atomic mass is 35.5. The molecule has 1 aromatic carbocycles. The number of unbranched alkanes of at least 4 members (excludes halogenated alkanes) is 1. The first-order valence-electron chi connectivity index (χ1n) is 10.2. The monoisotopic (exact) mass is 451 g/mol. The molecule has 0 aliphatic heterocycles. The number of nitrogens with two attached hydrogens (primary N) is 1. The second kappa shape index (κ2) is 11.4. The Balaban J connectivity index is 2.38. The molecular formula is C21H30ClN5O2S. The molecule has 1 heterocycles. The molecule has 0 aliphatic rings. The van der Waals surface area contributed by atoms with E-state index in [0.29, 0.717) is 16.1 Å². The number of nitrogens with zero attached hydrogens (tertiary/aromatic N) is 3. The molecule has 7 nitrogen and oxygen atoms in total. The van der Waals surface area contributed by atoms with Crippen LogP contribution in [0.1, 0.15) is 47.0 Å². The molecule has 0 fully saturated rings. The lowest BCUT2D eigenvalue weighted by molar-refractivity contribution is -0.120. The van der Waals surface area contributed by atoms with Crippen molar-refractivity contribution < 1.29 is 9.59 Å². The van der Waals surface area contributed by atoms with Crippen LogP contribution < -0.4 is 11.1 Å². The fraction of sp³-hybridized carbons (Fsp3) is 0.524. The topological polar surface area (TPSA) is 103 Å². The first-order chi connectivity index (χ1) is 14.2. The summed E-state index contributed by atoms with van der Waals surface area (Å²) in [5, 5.41) is 11.7. The summed E-state index contributed by atoms with van der Waals surface area (Å²) < 4.78 is 2.06. The molecule has 0 spiro atoms. The number of carbonyl (C=O) groups is 2. The third-order valence-corrected chi connectivity index (χ3v) is 6.48. The Morgan fingerprint density at radius 1 is 1.20 bits per heavy atom. The van der Waals surface area contributed by atoms with Gasteiger partial charge in [0.05, 0.1) is 5.25 Å². The maximum absolute atomic E-state index is 12.5. The summed E-state index contributed by atoms with van der Waals surface area (Å²) in [4.78, 5) is 23.6. The van der Waals surface area contributed by atoms with Gasteiger partial charge in [0, 0.05) is 17.1 Å². The fourth-order valence-corrected chi connectivity index (χ4v) is 4.27. The number of imide groups is 1. The molecule has 0 aliphatic carbocycles. The van der Waals surface area contributed by atoms with Gasteiger partial charge in [0.2, 0.25) is 5.91 Å². The van der Waals surface area contributed by atoms with Crippen molar-refractivity contribution >= 4 is 35.3 Å². The van der Waals surface area contributed by atoms with Gasteiger partial charge in [-0.25, -0.2) is 4.79 Å². The van der Waals surface area contributed by atoms with Gasteiger partial charge in [0.25, 0.3) is 0 Å². The summed E-state index contributed by atoms with van der Waals surface area (Å²) in [5.41, 5.74) is 6.04. The largest absolute Gasteiger partial charge is 0.351 e. The number of hydrogen-bond donors (Lipinski definition) is 2. The van der Waals surface area contributed by atoms with Gasteiger partial charge < -0.3 is 10.3 Å². The van der Waals surface area contributed by atoms with Crippen molar-refractivity contribution in [3.63, 3.8) is 0 Å². The number of halogens is 1. The third-order valence-electron chi connectivity index (χ3n) is 4.71. The smallest absolute Gasteiger partial charge is 0.318 e. The maximum atomic E-state index is 12.5. The van der Waals surface area contributed by atoms with Crippen LogP contribution in [0.2, 0.25) is 5.02 Å². The number of aromatic nitrogens is 3. The Bertz CT molecular complexity index is 854. The van der Waals surface area contributed by atoms with Crippen LogP contribution in [-0.2, 0) is 11.3 Å². The second-order valence-electron chi connectivity index (χ2n) is 7.81. The summed E-state index contributed by atoms with van der Waals surface area (Å²) in [5.74, 6) is 0.693. The zero-order chi connectivity index (χ0) is 22.3. The maximum Gasteiger partial charge on any atom is 0.318 e. The minimum atomic E-state index is -0.859. The van der Waals surface area contributed by atoms with Crippen molar-refractivity contribution in [3.8, 4) is 11.4 Å². The molecule has 30 heavy (non-hydrogen) atoms. The molecular weight excluding hydrogens is 422 g/mol. The lowest BCUT2D eigenvalue weighted by Crippen LogP contribution is -2.42. The van der Waals surface area contributed by atoms with Gasteiger partial charge in [-0.2, -0.15) is 0 Å². The van der Waals surface area contributed by atoms with E-state index < -0.39 is 17.2 Å². The highest BCUT2D eigenvalue weighted by Gasteiger charge is 2.28. The Hall–Kier alpha value is -2.06. The van der Waals surface area contributed by atoms with Gasteiger partial charge in [-0.1, -0.05) is 63.9 Å². The lowest BCUT2D eigenvalue weighted by atomic mass is 10.0. The van der Waals surface area contributed by atoms with Crippen LogP contribution in [0, 0.1) is 11.8 Å². The number of amides is 3. The first-order valence-corrected chi connectivity index (χ1v) is 11.4. The number of carbonyl (C=O) groups excluding carboxylic acids is 2. The van der Waals surface area contributed by atoms with Crippen molar-refractivity contribution in [1.29, 1.82) is 0 Å². The zero-order valence-electron chi connectivity index (χ0n) is 17.9. The van der Waals surface area contributed by atoms with Crippen molar-refractivity contribution in [1.82, 2.24) is 20.1 Å². The number of urea groups is 1. The van der Waals surface area contributed by atoms with Gasteiger partial charge in [0.15, 0.2) is 11.0 Å². The van der Waals surface area contributed by atoms with Crippen molar-refractivity contribution in [3.05, 3.63) is 29.3 Å². The molecule has 0 bridgehead atoms. The number of hydrogen-bond acceptors (Lipinski definition) is 5. The molecule has 9 heteroatoms. The van der Waals surface area contributed by atoms with E-state index in [4.69, 9.17) is 17.3 Å².